The van der Waals surface area contributed by atoms with Crippen LogP contribution in [-0.4, -0.2) is 97.2 Å². The van der Waals surface area contributed by atoms with Gasteiger partial charge in [-0.15, -0.1) is 0 Å². The van der Waals surface area contributed by atoms with Gasteiger partial charge in [0.2, 0.25) is 5.91 Å². The molecule has 1 saturated carbocycles. The van der Waals surface area contributed by atoms with Crippen molar-refractivity contribution in [2.24, 2.45) is 17.8 Å². The summed E-state index contributed by atoms with van der Waals surface area (Å²) in [4.78, 5) is 67.9. The standard InChI is InChI=1S/C31H48N2O8SSi/c1-9-16-39-29(37)28(36)33-25(24(27(33)35)20(3)41-43(7,8)31(4,5)6)22-12-11-13-23(26(22)34)42-19-21-14-15-32(18-21)30(38)40-17-10-2/h9-10,20-25H,1-2,11-19H2,3-8H3/t20-,21-,22-,23+,24-,25-/m1/s1. The Hall–Kier alpha value is -2.44. The molecular formula is C31H48N2O8SSi. The summed E-state index contributed by atoms with van der Waals surface area (Å²) < 4.78 is 16.7. The molecule has 2 heterocycles. The quantitative estimate of drug-likeness (QED) is 0.105. The Morgan fingerprint density at radius 1 is 1.07 bits per heavy atom. The van der Waals surface area contributed by atoms with Crippen LogP contribution in [0.2, 0.25) is 18.1 Å². The van der Waals surface area contributed by atoms with Crippen LogP contribution in [0, 0.1) is 17.8 Å². The Kier molecular flexibility index (Phi) is 11.9. The number of esters is 1. The minimum Gasteiger partial charge on any atom is -0.454 e. The first-order chi connectivity index (χ1) is 20.1. The maximum atomic E-state index is 14.0. The highest BCUT2D eigenvalue weighted by molar-refractivity contribution is 8.00. The summed E-state index contributed by atoms with van der Waals surface area (Å²) in [6.45, 7) is 20.6. The number of carbonyl (C=O) groups excluding carboxylic acids is 5. The van der Waals surface area contributed by atoms with Gasteiger partial charge in [-0.05, 0) is 56.0 Å². The molecule has 3 fully saturated rings. The molecule has 3 rings (SSSR count). The van der Waals surface area contributed by atoms with E-state index in [2.05, 4.69) is 47.0 Å². The molecule has 6 atom stereocenters. The van der Waals surface area contributed by atoms with Crippen LogP contribution in [0.5, 0.6) is 0 Å². The van der Waals surface area contributed by atoms with Crippen molar-refractivity contribution in [3.8, 4) is 0 Å². The molecule has 12 heteroatoms. The molecule has 0 aromatic rings. The van der Waals surface area contributed by atoms with Crippen molar-refractivity contribution in [2.75, 3.05) is 32.1 Å². The highest BCUT2D eigenvalue weighted by Crippen LogP contribution is 2.45. The van der Waals surface area contributed by atoms with Gasteiger partial charge in [-0.1, -0.05) is 52.5 Å². The molecule has 0 N–H and O–H groups in total. The largest absolute Gasteiger partial charge is 0.454 e. The molecule has 3 amide bonds. The monoisotopic (exact) mass is 636 g/mol. The molecule has 0 bridgehead atoms. The van der Waals surface area contributed by atoms with E-state index in [-0.39, 0.29) is 41.3 Å². The Morgan fingerprint density at radius 3 is 2.35 bits per heavy atom. The number of Topliss-reactive ketones (excluding diaryl/α,β-unsaturated/α-hetero) is 1. The molecule has 3 aliphatic rings. The predicted molar refractivity (Wildman–Crippen MR) is 168 cm³/mol. The molecular weight excluding hydrogens is 589 g/mol. The lowest BCUT2D eigenvalue weighted by Crippen LogP contribution is -2.72. The van der Waals surface area contributed by atoms with Crippen LogP contribution in [0.1, 0.15) is 53.4 Å². The number of nitrogens with zero attached hydrogens (tertiary/aromatic N) is 2. The molecule has 2 aliphatic heterocycles. The van der Waals surface area contributed by atoms with Gasteiger partial charge in [-0.2, -0.15) is 11.8 Å². The number of carbonyl (C=O) groups is 5. The normalized spacial score (nSPS) is 26.9. The second kappa shape index (κ2) is 14.6. The van der Waals surface area contributed by atoms with Crippen LogP contribution in [0.4, 0.5) is 4.79 Å². The van der Waals surface area contributed by atoms with E-state index in [1.165, 1.54) is 12.2 Å². The second-order valence-corrected chi connectivity index (χ2v) is 19.2. The van der Waals surface area contributed by atoms with E-state index in [4.69, 9.17) is 13.9 Å². The topological polar surface area (TPSA) is 120 Å². The molecule has 0 aromatic carbocycles. The molecule has 10 nitrogen and oxygen atoms in total. The maximum absolute atomic E-state index is 14.0. The third-order valence-corrected chi connectivity index (χ3v) is 15.3. The van der Waals surface area contributed by atoms with Gasteiger partial charge in [0, 0.05) is 19.0 Å². The van der Waals surface area contributed by atoms with Crippen molar-refractivity contribution in [3.63, 3.8) is 0 Å². The molecule has 2 saturated heterocycles. The molecule has 0 aromatic heterocycles. The number of ether oxygens (including phenoxy) is 2. The molecule has 1 aliphatic carbocycles. The van der Waals surface area contributed by atoms with E-state index >= 15 is 0 Å². The smallest absolute Gasteiger partial charge is 0.410 e. The third kappa shape index (κ3) is 7.99. The van der Waals surface area contributed by atoms with Crippen molar-refractivity contribution < 1.29 is 37.9 Å². The highest BCUT2D eigenvalue weighted by Gasteiger charge is 2.60. The lowest BCUT2D eigenvalue weighted by Gasteiger charge is -2.53. The third-order valence-electron chi connectivity index (χ3n) is 9.19. The number of imide groups is 1. The Balaban J connectivity index is 1.75. The molecule has 43 heavy (non-hydrogen) atoms. The van der Waals surface area contributed by atoms with Crippen molar-refractivity contribution in [1.82, 2.24) is 9.80 Å². The molecule has 0 radical (unpaired) electrons. The Morgan fingerprint density at radius 2 is 1.72 bits per heavy atom. The number of hydrogen-bond donors (Lipinski definition) is 0. The van der Waals surface area contributed by atoms with Crippen molar-refractivity contribution >= 4 is 49.7 Å². The summed E-state index contributed by atoms with van der Waals surface area (Å²) in [6, 6.07) is -0.770. The lowest BCUT2D eigenvalue weighted by atomic mass is 9.70. The minimum atomic E-state index is -2.28. The van der Waals surface area contributed by atoms with Gasteiger partial charge >= 0.3 is 18.0 Å². The SMILES string of the molecule is C=CCOC(=O)C(=O)N1C(=O)[C@H]([C@@H](C)O[Si](C)(C)C(C)(C)C)[C@H]1[C@H]1CCC[C@H](SC[C@@H]2CCN(C(=O)OCC=C)C2)C1=O. The summed E-state index contributed by atoms with van der Waals surface area (Å²) in [5.74, 6) is -3.06. The average molecular weight is 637 g/mol. The van der Waals surface area contributed by atoms with E-state index in [0.29, 0.717) is 31.7 Å². The Labute approximate surface area is 261 Å². The number of hydrogen-bond acceptors (Lipinski definition) is 9. The van der Waals surface area contributed by atoms with E-state index in [0.717, 1.165) is 17.7 Å². The summed E-state index contributed by atoms with van der Waals surface area (Å²) >= 11 is 1.58. The number of ketones is 1. The van der Waals surface area contributed by atoms with Crippen LogP contribution in [0.25, 0.3) is 0 Å². The highest BCUT2D eigenvalue weighted by atomic mass is 32.2. The fraction of sp³-hybridized carbons (Fsp3) is 0.710. The zero-order chi connectivity index (χ0) is 32.1. The first-order valence-electron chi connectivity index (χ1n) is 15.1. The minimum absolute atomic E-state index is 0.00391. The van der Waals surface area contributed by atoms with Gasteiger partial charge in [0.15, 0.2) is 14.1 Å². The van der Waals surface area contributed by atoms with E-state index in [9.17, 15) is 24.0 Å². The maximum Gasteiger partial charge on any atom is 0.410 e. The summed E-state index contributed by atoms with van der Waals surface area (Å²) in [5, 5.41) is -0.396. The zero-order valence-corrected chi connectivity index (χ0v) is 28.3. The molecule has 0 unspecified atom stereocenters. The van der Waals surface area contributed by atoms with Crippen LogP contribution in [0.15, 0.2) is 25.3 Å². The van der Waals surface area contributed by atoms with Crippen molar-refractivity contribution in [3.05, 3.63) is 25.3 Å². The number of likely N-dealkylation sites (tertiary alicyclic amines) is 2. The fourth-order valence-electron chi connectivity index (χ4n) is 5.84. The van der Waals surface area contributed by atoms with Crippen molar-refractivity contribution in [1.29, 1.82) is 0 Å². The van der Waals surface area contributed by atoms with E-state index in [1.807, 2.05) is 6.92 Å². The fourth-order valence-corrected chi connectivity index (χ4v) is 8.72. The second-order valence-electron chi connectivity index (χ2n) is 13.2. The predicted octanol–water partition coefficient (Wildman–Crippen LogP) is 4.60. The first-order valence-corrected chi connectivity index (χ1v) is 19.1. The van der Waals surface area contributed by atoms with Crippen LogP contribution >= 0.6 is 11.8 Å². The zero-order valence-electron chi connectivity index (χ0n) is 26.5. The number of amides is 3. The van der Waals surface area contributed by atoms with Gasteiger partial charge in [-0.3, -0.25) is 19.3 Å². The Bertz CT molecular complexity index is 1110. The van der Waals surface area contributed by atoms with Crippen LogP contribution in [-0.2, 0) is 33.1 Å². The van der Waals surface area contributed by atoms with E-state index in [1.54, 1.807) is 16.7 Å². The van der Waals surface area contributed by atoms with Gasteiger partial charge in [0.05, 0.1) is 23.3 Å². The van der Waals surface area contributed by atoms with Crippen LogP contribution < -0.4 is 0 Å². The average Bonchev–Trinajstić information content (AvgIpc) is 3.41. The number of β-lactam (4-membered cyclic amide) rings is 1. The van der Waals surface area contributed by atoms with Crippen molar-refractivity contribution in [2.45, 2.75) is 88.9 Å². The summed E-state index contributed by atoms with van der Waals surface area (Å²) in [5.41, 5.74) is 0. The summed E-state index contributed by atoms with van der Waals surface area (Å²) in [7, 11) is -2.28. The lowest BCUT2D eigenvalue weighted by molar-refractivity contribution is -0.183. The number of rotatable bonds is 11. The van der Waals surface area contributed by atoms with Gasteiger partial charge in [0.1, 0.15) is 13.2 Å². The van der Waals surface area contributed by atoms with E-state index < -0.39 is 50.1 Å². The summed E-state index contributed by atoms with van der Waals surface area (Å²) in [6.07, 6.45) is 4.81. The number of thioether (sulfide) groups is 1. The van der Waals surface area contributed by atoms with Crippen LogP contribution in [0.3, 0.4) is 0 Å². The molecule has 0 spiro atoms. The molecule has 240 valence electrons. The first kappa shape index (κ1) is 35.0. The van der Waals surface area contributed by atoms with Gasteiger partial charge < -0.3 is 18.8 Å². The van der Waals surface area contributed by atoms with Gasteiger partial charge in [0.25, 0.3) is 0 Å². The van der Waals surface area contributed by atoms with Gasteiger partial charge in [-0.25, -0.2) is 9.59 Å².